The molecule has 2 rings (SSSR count). The average Bonchev–Trinajstić information content (AvgIpc) is 2.79. The van der Waals surface area contributed by atoms with E-state index < -0.39 is 0 Å². The van der Waals surface area contributed by atoms with E-state index >= 15 is 0 Å². The highest BCUT2D eigenvalue weighted by molar-refractivity contribution is 9.10. The van der Waals surface area contributed by atoms with Gasteiger partial charge in [-0.25, -0.2) is 0 Å². The van der Waals surface area contributed by atoms with Gasteiger partial charge in [-0.2, -0.15) is 5.10 Å². The lowest BCUT2D eigenvalue weighted by Crippen LogP contribution is -2.26. The Morgan fingerprint density at radius 2 is 1.90 bits per heavy atom. The summed E-state index contributed by atoms with van der Waals surface area (Å²) >= 11 is 7.29. The summed E-state index contributed by atoms with van der Waals surface area (Å²) in [5.74, 6) is 0. The summed E-state index contributed by atoms with van der Waals surface area (Å²) in [6, 6.07) is 8.74. The van der Waals surface area contributed by atoms with Crippen LogP contribution in [0.3, 0.4) is 0 Å². The van der Waals surface area contributed by atoms with Gasteiger partial charge in [-0.1, -0.05) is 41.1 Å². The minimum absolute atomic E-state index is 0.106. The van der Waals surface area contributed by atoms with Crippen LogP contribution in [0, 0.1) is 0 Å². The van der Waals surface area contributed by atoms with E-state index in [-0.39, 0.29) is 6.04 Å². The molecule has 1 unspecified atom stereocenters. The van der Waals surface area contributed by atoms with Crippen molar-refractivity contribution in [3.8, 4) is 0 Å². The average molecular weight is 401 g/mol. The van der Waals surface area contributed by atoms with E-state index in [2.05, 4.69) is 85.9 Å². The molecule has 0 radical (unpaired) electrons. The van der Waals surface area contributed by atoms with Crippen LogP contribution >= 0.6 is 31.9 Å². The Labute approximate surface area is 137 Å². The maximum Gasteiger partial charge on any atom is 0.0770 e. The molecule has 0 bridgehead atoms. The van der Waals surface area contributed by atoms with Crippen LogP contribution in [0.1, 0.15) is 44.1 Å². The Morgan fingerprint density at radius 3 is 2.50 bits per heavy atom. The third-order valence-corrected chi connectivity index (χ3v) is 4.51. The van der Waals surface area contributed by atoms with Crippen molar-refractivity contribution in [1.82, 2.24) is 15.1 Å². The standard InChI is InChI=1S/C15H19Br2N3/c1-4-18-14(11-7-5-6-8-12(11)16)15-13(17)9-19-20(15)10(2)3/h5-10,14,18H,4H2,1-3H3. The SMILES string of the molecule is CCNC(c1ccccc1Br)c1c(Br)cnn1C(C)C. The van der Waals surface area contributed by atoms with E-state index in [1.807, 2.05) is 12.3 Å². The van der Waals surface area contributed by atoms with Crippen LogP contribution < -0.4 is 5.32 Å². The van der Waals surface area contributed by atoms with Crippen LogP contribution in [0.2, 0.25) is 0 Å². The van der Waals surface area contributed by atoms with Gasteiger partial charge in [0.15, 0.2) is 0 Å². The Hall–Kier alpha value is -0.650. The highest BCUT2D eigenvalue weighted by Crippen LogP contribution is 2.33. The molecule has 0 aliphatic carbocycles. The van der Waals surface area contributed by atoms with Crippen molar-refractivity contribution in [3.63, 3.8) is 0 Å². The van der Waals surface area contributed by atoms with Gasteiger partial charge in [0.1, 0.15) is 0 Å². The van der Waals surface area contributed by atoms with E-state index in [0.29, 0.717) is 6.04 Å². The second-order valence-corrected chi connectivity index (χ2v) is 6.64. The maximum atomic E-state index is 4.49. The minimum atomic E-state index is 0.106. The van der Waals surface area contributed by atoms with Gasteiger partial charge in [-0.15, -0.1) is 0 Å². The van der Waals surface area contributed by atoms with Gasteiger partial charge in [0.25, 0.3) is 0 Å². The second kappa shape index (κ2) is 6.87. The van der Waals surface area contributed by atoms with Crippen LogP contribution in [-0.4, -0.2) is 16.3 Å². The smallest absolute Gasteiger partial charge is 0.0770 e. The van der Waals surface area contributed by atoms with Gasteiger partial charge < -0.3 is 5.32 Å². The van der Waals surface area contributed by atoms with Crippen molar-refractivity contribution in [2.24, 2.45) is 0 Å². The summed E-state index contributed by atoms with van der Waals surface area (Å²) in [4.78, 5) is 0. The number of nitrogens with one attached hydrogen (secondary N) is 1. The molecule has 0 amide bonds. The monoisotopic (exact) mass is 399 g/mol. The Morgan fingerprint density at radius 1 is 1.20 bits per heavy atom. The summed E-state index contributed by atoms with van der Waals surface area (Å²) in [6.45, 7) is 7.30. The molecule has 1 heterocycles. The zero-order chi connectivity index (χ0) is 14.7. The first-order valence-electron chi connectivity index (χ1n) is 6.77. The zero-order valence-corrected chi connectivity index (χ0v) is 15.1. The second-order valence-electron chi connectivity index (χ2n) is 4.93. The van der Waals surface area contributed by atoms with Crippen molar-refractivity contribution < 1.29 is 0 Å². The van der Waals surface area contributed by atoms with Crippen LogP contribution in [0.5, 0.6) is 0 Å². The Bertz CT molecular complexity index is 578. The fraction of sp³-hybridized carbons (Fsp3) is 0.400. The van der Waals surface area contributed by atoms with Gasteiger partial charge in [0.2, 0.25) is 0 Å². The van der Waals surface area contributed by atoms with Crippen LogP contribution in [-0.2, 0) is 0 Å². The molecule has 1 atom stereocenters. The molecule has 0 aliphatic heterocycles. The molecule has 1 aromatic heterocycles. The molecule has 0 saturated carbocycles. The molecule has 2 aromatic rings. The predicted octanol–water partition coefficient (Wildman–Crippen LogP) is 4.69. The van der Waals surface area contributed by atoms with Gasteiger partial charge in [0.05, 0.1) is 22.4 Å². The summed E-state index contributed by atoms with van der Waals surface area (Å²) in [5.41, 5.74) is 2.38. The molecule has 20 heavy (non-hydrogen) atoms. The third-order valence-electron chi connectivity index (χ3n) is 3.17. The number of benzene rings is 1. The van der Waals surface area contributed by atoms with E-state index in [4.69, 9.17) is 0 Å². The first kappa shape index (κ1) is 15.7. The topological polar surface area (TPSA) is 29.9 Å². The fourth-order valence-corrected chi connectivity index (χ4v) is 3.32. The highest BCUT2D eigenvalue weighted by atomic mass is 79.9. The molecule has 0 aliphatic rings. The van der Waals surface area contributed by atoms with Crippen LogP contribution in [0.4, 0.5) is 0 Å². The molecule has 1 aromatic carbocycles. The van der Waals surface area contributed by atoms with Crippen LogP contribution in [0.15, 0.2) is 39.4 Å². The van der Waals surface area contributed by atoms with Gasteiger partial charge in [-0.05, 0) is 48.0 Å². The van der Waals surface area contributed by atoms with Crippen molar-refractivity contribution in [3.05, 3.63) is 50.7 Å². The maximum absolute atomic E-state index is 4.49. The van der Waals surface area contributed by atoms with Crippen molar-refractivity contribution >= 4 is 31.9 Å². The molecule has 0 spiro atoms. The number of halogens is 2. The van der Waals surface area contributed by atoms with Gasteiger partial charge >= 0.3 is 0 Å². The highest BCUT2D eigenvalue weighted by Gasteiger charge is 2.23. The molecule has 108 valence electrons. The predicted molar refractivity (Wildman–Crippen MR) is 90.0 cm³/mol. The summed E-state index contributed by atoms with van der Waals surface area (Å²) in [6.07, 6.45) is 1.87. The van der Waals surface area contributed by atoms with Crippen molar-refractivity contribution in [1.29, 1.82) is 0 Å². The molecule has 0 fully saturated rings. The number of nitrogens with zero attached hydrogens (tertiary/aromatic N) is 2. The number of hydrogen-bond donors (Lipinski definition) is 1. The molecular formula is C15H19Br2N3. The first-order valence-corrected chi connectivity index (χ1v) is 8.35. The molecular weight excluding hydrogens is 382 g/mol. The summed E-state index contributed by atoms with van der Waals surface area (Å²) in [7, 11) is 0. The quantitative estimate of drug-likeness (QED) is 0.788. The molecule has 1 N–H and O–H groups in total. The van der Waals surface area contributed by atoms with E-state index in [1.165, 1.54) is 5.56 Å². The third kappa shape index (κ3) is 3.15. The summed E-state index contributed by atoms with van der Waals surface area (Å²) < 4.78 is 4.21. The number of aromatic nitrogens is 2. The lowest BCUT2D eigenvalue weighted by Gasteiger charge is -2.23. The first-order chi connectivity index (χ1) is 9.56. The largest absolute Gasteiger partial charge is 0.305 e. The lowest BCUT2D eigenvalue weighted by molar-refractivity contribution is 0.475. The normalized spacial score (nSPS) is 12.9. The van der Waals surface area contributed by atoms with E-state index in [0.717, 1.165) is 21.2 Å². The van der Waals surface area contributed by atoms with Crippen molar-refractivity contribution in [2.45, 2.75) is 32.9 Å². The Balaban J connectivity index is 2.55. The molecule has 3 nitrogen and oxygen atoms in total. The molecule has 5 heteroatoms. The zero-order valence-electron chi connectivity index (χ0n) is 11.9. The van der Waals surface area contributed by atoms with Crippen LogP contribution in [0.25, 0.3) is 0 Å². The van der Waals surface area contributed by atoms with Crippen molar-refractivity contribution in [2.75, 3.05) is 6.54 Å². The molecule has 0 saturated heterocycles. The lowest BCUT2D eigenvalue weighted by atomic mass is 10.0. The van der Waals surface area contributed by atoms with E-state index in [1.54, 1.807) is 0 Å². The minimum Gasteiger partial charge on any atom is -0.305 e. The number of hydrogen-bond acceptors (Lipinski definition) is 2. The van der Waals surface area contributed by atoms with E-state index in [9.17, 15) is 0 Å². The summed E-state index contributed by atoms with van der Waals surface area (Å²) in [5, 5.41) is 8.05. The van der Waals surface area contributed by atoms with Gasteiger partial charge in [0, 0.05) is 10.5 Å². The Kier molecular flexibility index (Phi) is 5.41. The van der Waals surface area contributed by atoms with Gasteiger partial charge in [-0.3, -0.25) is 4.68 Å². The fourth-order valence-electron chi connectivity index (χ4n) is 2.30. The number of rotatable bonds is 5.